The molecule has 1 heterocycles. The Balaban J connectivity index is 2.28. The highest BCUT2D eigenvalue weighted by Crippen LogP contribution is 2.35. The van der Waals surface area contributed by atoms with E-state index in [1.165, 1.54) is 41.8 Å². The number of thiophene rings is 1. The van der Waals surface area contributed by atoms with Gasteiger partial charge >= 0.3 is 5.92 Å². The maximum Gasteiger partial charge on any atom is 0.339 e. The minimum Gasteiger partial charge on any atom is -0.382 e. The molecule has 18 heavy (non-hydrogen) atoms. The van der Waals surface area contributed by atoms with Crippen molar-refractivity contribution in [2.24, 2.45) is 0 Å². The van der Waals surface area contributed by atoms with Crippen LogP contribution in [0.25, 0.3) is 0 Å². The van der Waals surface area contributed by atoms with E-state index in [-0.39, 0.29) is 10.4 Å². The van der Waals surface area contributed by atoms with E-state index in [0.29, 0.717) is 0 Å². The Bertz CT molecular complexity index is 523. The molecule has 1 aromatic heterocycles. The van der Waals surface area contributed by atoms with Gasteiger partial charge in [-0.1, -0.05) is 36.4 Å². The standard InChI is InChI=1S/C13H10F2O2S/c14-13(15,12(17)10-7-4-8-18-10)11(16)9-5-2-1-3-6-9/h1-8,11,16H. The van der Waals surface area contributed by atoms with Crippen LogP contribution in [0, 0.1) is 0 Å². The van der Waals surface area contributed by atoms with Gasteiger partial charge in [0.2, 0.25) is 5.78 Å². The minimum absolute atomic E-state index is 0.0207. The third kappa shape index (κ3) is 2.32. The summed E-state index contributed by atoms with van der Waals surface area (Å²) in [6.07, 6.45) is -2.13. The molecule has 5 heteroatoms. The van der Waals surface area contributed by atoms with E-state index >= 15 is 0 Å². The van der Waals surface area contributed by atoms with Crippen molar-refractivity contribution < 1.29 is 18.7 Å². The Kier molecular flexibility index (Phi) is 3.54. The summed E-state index contributed by atoms with van der Waals surface area (Å²) in [5.74, 6) is -5.18. The maximum absolute atomic E-state index is 13.9. The molecule has 2 aromatic rings. The van der Waals surface area contributed by atoms with Crippen LogP contribution < -0.4 is 0 Å². The monoisotopic (exact) mass is 268 g/mol. The lowest BCUT2D eigenvalue weighted by Gasteiger charge is -2.20. The highest BCUT2D eigenvalue weighted by Gasteiger charge is 2.47. The normalized spacial score (nSPS) is 13.3. The van der Waals surface area contributed by atoms with E-state index in [2.05, 4.69) is 0 Å². The molecule has 1 atom stereocenters. The van der Waals surface area contributed by atoms with Crippen molar-refractivity contribution in [3.05, 3.63) is 58.3 Å². The lowest BCUT2D eigenvalue weighted by Crippen LogP contribution is -2.35. The zero-order chi connectivity index (χ0) is 13.2. The van der Waals surface area contributed by atoms with Crippen LogP contribution in [0.2, 0.25) is 0 Å². The zero-order valence-electron chi connectivity index (χ0n) is 9.22. The van der Waals surface area contributed by atoms with Crippen molar-refractivity contribution in [3.63, 3.8) is 0 Å². The Morgan fingerprint density at radius 3 is 2.39 bits per heavy atom. The molecular weight excluding hydrogens is 258 g/mol. The van der Waals surface area contributed by atoms with Gasteiger partial charge in [0.05, 0.1) is 4.88 Å². The number of alkyl halides is 2. The first-order valence-corrected chi connectivity index (χ1v) is 6.10. The highest BCUT2D eigenvalue weighted by molar-refractivity contribution is 7.12. The van der Waals surface area contributed by atoms with Crippen LogP contribution in [-0.2, 0) is 0 Å². The zero-order valence-corrected chi connectivity index (χ0v) is 10.0. The summed E-state index contributed by atoms with van der Waals surface area (Å²) >= 11 is 0.930. The van der Waals surface area contributed by atoms with E-state index in [4.69, 9.17) is 0 Å². The van der Waals surface area contributed by atoms with E-state index in [1.54, 1.807) is 6.07 Å². The van der Waals surface area contributed by atoms with Gasteiger partial charge in [-0.15, -0.1) is 11.3 Å². The van der Waals surface area contributed by atoms with Gasteiger partial charge in [0.1, 0.15) is 0 Å². The Hall–Kier alpha value is -1.59. The van der Waals surface area contributed by atoms with Gasteiger partial charge in [0.15, 0.2) is 6.10 Å². The lowest BCUT2D eigenvalue weighted by atomic mass is 10.00. The van der Waals surface area contributed by atoms with Crippen LogP contribution in [0.3, 0.4) is 0 Å². The molecular formula is C13H10F2O2S. The van der Waals surface area contributed by atoms with Gasteiger partial charge in [-0.25, -0.2) is 0 Å². The fourth-order valence-electron chi connectivity index (χ4n) is 1.54. The molecule has 2 rings (SSSR count). The largest absolute Gasteiger partial charge is 0.382 e. The highest BCUT2D eigenvalue weighted by atomic mass is 32.1. The molecule has 0 bridgehead atoms. The maximum atomic E-state index is 13.9. The smallest absolute Gasteiger partial charge is 0.339 e. The number of rotatable bonds is 4. The molecule has 0 aliphatic rings. The number of hydrogen-bond donors (Lipinski definition) is 1. The average Bonchev–Trinajstić information content (AvgIpc) is 2.91. The summed E-state index contributed by atoms with van der Waals surface area (Å²) in [5.41, 5.74) is 0.0207. The molecule has 0 radical (unpaired) electrons. The number of aliphatic hydroxyl groups is 1. The van der Waals surface area contributed by atoms with Crippen LogP contribution in [0.4, 0.5) is 8.78 Å². The van der Waals surface area contributed by atoms with E-state index in [0.717, 1.165) is 11.3 Å². The van der Waals surface area contributed by atoms with Crippen molar-refractivity contribution in [1.82, 2.24) is 0 Å². The SMILES string of the molecule is O=C(c1cccs1)C(F)(F)C(O)c1ccccc1. The number of aliphatic hydroxyl groups excluding tert-OH is 1. The second kappa shape index (κ2) is 4.96. The summed E-state index contributed by atoms with van der Waals surface area (Å²) in [6.45, 7) is 0. The van der Waals surface area contributed by atoms with Gasteiger partial charge in [-0.2, -0.15) is 8.78 Å². The molecule has 0 aliphatic heterocycles. The number of ketones is 1. The molecule has 1 unspecified atom stereocenters. The number of Topliss-reactive ketones (excluding diaryl/α,β-unsaturated/α-hetero) is 1. The first kappa shape index (κ1) is 12.9. The Morgan fingerprint density at radius 2 is 1.83 bits per heavy atom. The van der Waals surface area contributed by atoms with Crippen molar-refractivity contribution in [2.45, 2.75) is 12.0 Å². The Morgan fingerprint density at radius 1 is 1.17 bits per heavy atom. The second-order valence-electron chi connectivity index (χ2n) is 3.74. The number of halogens is 2. The number of carbonyl (C=O) groups is 1. The average molecular weight is 268 g/mol. The number of carbonyl (C=O) groups excluding carboxylic acids is 1. The topological polar surface area (TPSA) is 37.3 Å². The lowest BCUT2D eigenvalue weighted by molar-refractivity contribution is -0.0790. The van der Waals surface area contributed by atoms with Crippen LogP contribution >= 0.6 is 11.3 Å². The van der Waals surface area contributed by atoms with Crippen molar-refractivity contribution >= 4 is 17.1 Å². The van der Waals surface area contributed by atoms with E-state index < -0.39 is 17.8 Å². The summed E-state index contributed by atoms with van der Waals surface area (Å²) in [7, 11) is 0. The summed E-state index contributed by atoms with van der Waals surface area (Å²) in [5, 5.41) is 11.2. The second-order valence-corrected chi connectivity index (χ2v) is 4.69. The van der Waals surface area contributed by atoms with Gasteiger partial charge in [0, 0.05) is 0 Å². The molecule has 1 N–H and O–H groups in total. The quantitative estimate of drug-likeness (QED) is 0.864. The first-order valence-electron chi connectivity index (χ1n) is 5.22. The van der Waals surface area contributed by atoms with Gasteiger partial charge in [-0.05, 0) is 17.0 Å². The van der Waals surface area contributed by atoms with E-state index in [1.807, 2.05) is 0 Å². The fraction of sp³-hybridized carbons (Fsp3) is 0.154. The molecule has 0 aliphatic carbocycles. The predicted octanol–water partition coefficient (Wildman–Crippen LogP) is 3.30. The number of hydrogen-bond acceptors (Lipinski definition) is 3. The van der Waals surface area contributed by atoms with Crippen molar-refractivity contribution in [3.8, 4) is 0 Å². The molecule has 2 nitrogen and oxygen atoms in total. The van der Waals surface area contributed by atoms with Crippen LogP contribution in [0.5, 0.6) is 0 Å². The summed E-state index contributed by atoms with van der Waals surface area (Å²) in [6, 6.07) is 10.3. The van der Waals surface area contributed by atoms with Crippen LogP contribution in [0.1, 0.15) is 21.3 Å². The summed E-state index contributed by atoms with van der Waals surface area (Å²) in [4.78, 5) is 11.6. The molecule has 0 saturated carbocycles. The van der Waals surface area contributed by atoms with Crippen molar-refractivity contribution in [2.75, 3.05) is 0 Å². The Labute approximate surface area is 107 Å². The van der Waals surface area contributed by atoms with Crippen LogP contribution in [-0.4, -0.2) is 16.8 Å². The fourth-order valence-corrected chi connectivity index (χ4v) is 2.24. The third-order valence-corrected chi connectivity index (χ3v) is 3.38. The van der Waals surface area contributed by atoms with Gasteiger partial charge < -0.3 is 5.11 Å². The molecule has 0 fully saturated rings. The molecule has 0 saturated heterocycles. The third-order valence-electron chi connectivity index (χ3n) is 2.51. The molecule has 0 amide bonds. The molecule has 1 aromatic carbocycles. The van der Waals surface area contributed by atoms with Crippen LogP contribution in [0.15, 0.2) is 47.8 Å². The molecule has 0 spiro atoms. The van der Waals surface area contributed by atoms with E-state index in [9.17, 15) is 18.7 Å². The summed E-state index contributed by atoms with van der Waals surface area (Å²) < 4.78 is 27.7. The predicted molar refractivity (Wildman–Crippen MR) is 65.0 cm³/mol. The molecule has 94 valence electrons. The van der Waals surface area contributed by atoms with Gasteiger partial charge in [-0.3, -0.25) is 4.79 Å². The first-order chi connectivity index (χ1) is 8.53. The number of benzene rings is 1. The van der Waals surface area contributed by atoms with Gasteiger partial charge in [0.25, 0.3) is 0 Å². The van der Waals surface area contributed by atoms with Crippen molar-refractivity contribution in [1.29, 1.82) is 0 Å². The minimum atomic E-state index is -3.83.